The first-order valence-corrected chi connectivity index (χ1v) is 8.36. The smallest absolute Gasteiger partial charge is 0.408 e. The van der Waals surface area contributed by atoms with Crippen LogP contribution in [-0.4, -0.2) is 28.8 Å². The molecule has 0 bridgehead atoms. The molecule has 1 amide bonds. The maximum absolute atomic E-state index is 11.9. The van der Waals surface area contributed by atoms with Crippen LogP contribution < -0.4 is 5.32 Å². The summed E-state index contributed by atoms with van der Waals surface area (Å²) < 4.78 is 11.1. The summed E-state index contributed by atoms with van der Waals surface area (Å²) in [7, 11) is 0. The number of hydrogen-bond acceptors (Lipinski definition) is 4. The van der Waals surface area contributed by atoms with Crippen LogP contribution in [0.2, 0.25) is 0 Å². The average Bonchev–Trinajstić information content (AvgIpc) is 2.92. The number of carbonyl (C=O) groups is 2. The van der Waals surface area contributed by atoms with Crippen LogP contribution in [0, 0.1) is 0 Å². The van der Waals surface area contributed by atoms with Gasteiger partial charge < -0.3 is 19.6 Å². The van der Waals surface area contributed by atoms with E-state index in [4.69, 9.17) is 9.15 Å². The third kappa shape index (κ3) is 3.79. The van der Waals surface area contributed by atoms with Crippen molar-refractivity contribution in [3.8, 4) is 0 Å². The highest BCUT2D eigenvalue weighted by molar-refractivity contribution is 6.05. The number of amides is 1. The molecule has 0 radical (unpaired) electrons. The number of aliphatic carboxylic acids is 1. The second kappa shape index (κ2) is 6.71. The Morgan fingerprint density at radius 3 is 2.50 bits per heavy atom. The van der Waals surface area contributed by atoms with Gasteiger partial charge in [0.25, 0.3) is 0 Å². The molecule has 0 aliphatic heterocycles. The first-order chi connectivity index (χ1) is 12.2. The van der Waals surface area contributed by atoms with E-state index in [0.29, 0.717) is 11.1 Å². The van der Waals surface area contributed by atoms with Crippen molar-refractivity contribution in [1.82, 2.24) is 5.32 Å². The summed E-state index contributed by atoms with van der Waals surface area (Å²) in [6, 6.07) is 12.1. The topological polar surface area (TPSA) is 88.8 Å². The van der Waals surface area contributed by atoms with E-state index in [1.807, 2.05) is 36.4 Å². The predicted molar refractivity (Wildman–Crippen MR) is 98.2 cm³/mol. The quantitative estimate of drug-likeness (QED) is 0.735. The number of rotatable bonds is 4. The van der Waals surface area contributed by atoms with E-state index in [2.05, 4.69) is 5.32 Å². The molecule has 136 valence electrons. The number of carboxylic acid groups (broad SMARTS) is 1. The summed E-state index contributed by atoms with van der Waals surface area (Å²) in [5, 5.41) is 13.8. The molecular weight excluding hydrogens is 334 g/mol. The second-order valence-corrected chi connectivity index (χ2v) is 7.13. The lowest BCUT2D eigenvalue weighted by Crippen LogP contribution is -2.44. The van der Waals surface area contributed by atoms with Gasteiger partial charge in [-0.2, -0.15) is 0 Å². The molecule has 3 rings (SSSR count). The van der Waals surface area contributed by atoms with Crippen LogP contribution in [0.1, 0.15) is 26.3 Å². The van der Waals surface area contributed by atoms with Crippen LogP contribution in [0.3, 0.4) is 0 Å². The fourth-order valence-electron chi connectivity index (χ4n) is 2.84. The fourth-order valence-corrected chi connectivity index (χ4v) is 2.84. The Morgan fingerprint density at radius 2 is 1.81 bits per heavy atom. The molecule has 0 saturated carbocycles. The maximum atomic E-state index is 11.9. The van der Waals surface area contributed by atoms with Gasteiger partial charge in [0.1, 0.15) is 22.8 Å². The van der Waals surface area contributed by atoms with Gasteiger partial charge in [-0.1, -0.05) is 36.4 Å². The lowest BCUT2D eigenvalue weighted by Gasteiger charge is -2.22. The molecule has 1 aromatic heterocycles. The molecule has 1 heterocycles. The van der Waals surface area contributed by atoms with Crippen molar-refractivity contribution >= 4 is 34.0 Å². The van der Waals surface area contributed by atoms with Crippen molar-refractivity contribution in [1.29, 1.82) is 0 Å². The van der Waals surface area contributed by atoms with E-state index < -0.39 is 23.7 Å². The van der Waals surface area contributed by atoms with Crippen molar-refractivity contribution in [2.45, 2.75) is 38.8 Å². The molecule has 2 aromatic carbocycles. The molecule has 1 atom stereocenters. The summed E-state index contributed by atoms with van der Waals surface area (Å²) in [4.78, 5) is 23.6. The van der Waals surface area contributed by atoms with Crippen molar-refractivity contribution in [2.75, 3.05) is 0 Å². The number of benzene rings is 2. The van der Waals surface area contributed by atoms with Gasteiger partial charge in [-0.15, -0.1) is 0 Å². The lowest BCUT2D eigenvalue weighted by atomic mass is 10.0. The molecule has 26 heavy (non-hydrogen) atoms. The zero-order valence-electron chi connectivity index (χ0n) is 14.9. The highest BCUT2D eigenvalue weighted by atomic mass is 16.6. The number of para-hydroxylation sites is 2. The molecule has 0 fully saturated rings. The van der Waals surface area contributed by atoms with E-state index >= 15 is 0 Å². The Morgan fingerprint density at radius 1 is 1.12 bits per heavy atom. The van der Waals surface area contributed by atoms with E-state index in [-0.39, 0.29) is 6.42 Å². The maximum Gasteiger partial charge on any atom is 0.408 e. The third-order valence-corrected chi connectivity index (χ3v) is 3.90. The Kier molecular flexibility index (Phi) is 4.59. The van der Waals surface area contributed by atoms with Crippen molar-refractivity contribution in [2.24, 2.45) is 0 Å². The third-order valence-electron chi connectivity index (χ3n) is 3.90. The van der Waals surface area contributed by atoms with E-state index in [1.54, 1.807) is 26.8 Å². The van der Waals surface area contributed by atoms with Gasteiger partial charge in [-0.3, -0.25) is 0 Å². The molecule has 6 heteroatoms. The van der Waals surface area contributed by atoms with Gasteiger partial charge in [0.2, 0.25) is 0 Å². The van der Waals surface area contributed by atoms with E-state index in [9.17, 15) is 14.7 Å². The van der Waals surface area contributed by atoms with Gasteiger partial charge in [-0.25, -0.2) is 9.59 Å². The Bertz CT molecular complexity index is 967. The number of furan rings is 1. The van der Waals surface area contributed by atoms with E-state index in [0.717, 1.165) is 16.4 Å². The first-order valence-electron chi connectivity index (χ1n) is 8.36. The normalized spacial score (nSPS) is 12.9. The molecule has 0 saturated heterocycles. The van der Waals surface area contributed by atoms with Crippen molar-refractivity contribution in [3.63, 3.8) is 0 Å². The second-order valence-electron chi connectivity index (χ2n) is 7.13. The molecule has 3 aromatic rings. The lowest BCUT2D eigenvalue weighted by molar-refractivity contribution is -0.139. The largest absolute Gasteiger partial charge is 0.480 e. The van der Waals surface area contributed by atoms with Crippen LogP contribution in [0.5, 0.6) is 0 Å². The molecule has 0 unspecified atom stereocenters. The molecule has 0 spiro atoms. The van der Waals surface area contributed by atoms with Gasteiger partial charge in [-0.05, 0) is 32.4 Å². The van der Waals surface area contributed by atoms with Crippen LogP contribution >= 0.6 is 0 Å². The Labute approximate surface area is 150 Å². The summed E-state index contributed by atoms with van der Waals surface area (Å²) in [5.41, 5.74) is 1.38. The van der Waals surface area contributed by atoms with E-state index in [1.165, 1.54) is 0 Å². The SMILES string of the molecule is CC(C)(C)OC(=O)N[C@H](Cc1cccc2c1oc1ccccc12)C(=O)O. The standard InChI is InChI=1S/C20H21NO5/c1-20(2,3)26-19(24)21-15(18(22)23)11-12-7-6-9-14-13-8-4-5-10-16(13)25-17(12)14/h4-10,15H,11H2,1-3H3,(H,21,24)(H,22,23)/t15-/m1/s1. The Balaban J connectivity index is 1.90. The summed E-state index contributed by atoms with van der Waals surface area (Å²) in [5.74, 6) is -1.14. The fraction of sp³-hybridized carbons (Fsp3) is 0.300. The zero-order valence-corrected chi connectivity index (χ0v) is 14.9. The van der Waals surface area contributed by atoms with Gasteiger partial charge >= 0.3 is 12.1 Å². The molecular formula is C20H21NO5. The highest BCUT2D eigenvalue weighted by Crippen LogP contribution is 2.31. The van der Waals surface area contributed by atoms with Crippen LogP contribution in [-0.2, 0) is 16.0 Å². The predicted octanol–water partition coefficient (Wildman–Crippen LogP) is 4.11. The van der Waals surface area contributed by atoms with Crippen molar-refractivity contribution in [3.05, 3.63) is 48.0 Å². The average molecular weight is 355 g/mol. The molecule has 0 aliphatic carbocycles. The summed E-state index contributed by atoms with van der Waals surface area (Å²) in [6.45, 7) is 5.16. The summed E-state index contributed by atoms with van der Waals surface area (Å²) >= 11 is 0. The van der Waals surface area contributed by atoms with Gasteiger partial charge in [0.15, 0.2) is 0 Å². The molecule has 2 N–H and O–H groups in total. The van der Waals surface area contributed by atoms with Crippen molar-refractivity contribution < 1.29 is 23.8 Å². The molecule has 6 nitrogen and oxygen atoms in total. The number of ether oxygens (including phenoxy) is 1. The zero-order chi connectivity index (χ0) is 18.9. The number of carboxylic acids is 1. The Hall–Kier alpha value is -3.02. The van der Waals surface area contributed by atoms with Crippen LogP contribution in [0.4, 0.5) is 4.79 Å². The number of alkyl carbamates (subject to hydrolysis) is 1. The molecule has 0 aliphatic rings. The minimum Gasteiger partial charge on any atom is -0.480 e. The minimum absolute atomic E-state index is 0.0890. The highest BCUT2D eigenvalue weighted by Gasteiger charge is 2.25. The first kappa shape index (κ1) is 17.8. The minimum atomic E-state index is -1.14. The monoisotopic (exact) mass is 355 g/mol. The number of fused-ring (bicyclic) bond motifs is 3. The number of nitrogens with one attached hydrogen (secondary N) is 1. The van der Waals surface area contributed by atoms with Gasteiger partial charge in [0, 0.05) is 17.2 Å². The van der Waals surface area contributed by atoms with Gasteiger partial charge in [0.05, 0.1) is 0 Å². The number of carbonyl (C=O) groups excluding carboxylic acids is 1. The van der Waals surface area contributed by atoms with Crippen LogP contribution in [0.15, 0.2) is 46.9 Å². The van der Waals surface area contributed by atoms with Crippen LogP contribution in [0.25, 0.3) is 21.9 Å². The number of hydrogen-bond donors (Lipinski definition) is 2. The summed E-state index contributed by atoms with van der Waals surface area (Å²) in [6.07, 6.45) is -0.673.